The number of aliphatic hydroxyl groups excluding tert-OH is 1. The largest absolute Gasteiger partial charge is 0.396 e. The van der Waals surface area contributed by atoms with Crippen molar-refractivity contribution in [1.82, 2.24) is 0 Å². The lowest BCUT2D eigenvalue weighted by molar-refractivity contribution is 0.189. The van der Waals surface area contributed by atoms with Gasteiger partial charge in [0.05, 0.1) is 5.02 Å². The molecule has 1 fully saturated rings. The lowest BCUT2D eigenvalue weighted by atomic mass is 9.89. The van der Waals surface area contributed by atoms with Crippen molar-refractivity contribution in [2.24, 2.45) is 5.92 Å². The third kappa shape index (κ3) is 2.14. The zero-order chi connectivity index (χ0) is 12.6. The number of rotatable bonds is 2. The molecule has 1 aromatic rings. The maximum Gasteiger partial charge on any atom is 0.141 e. The van der Waals surface area contributed by atoms with Gasteiger partial charge in [-0.3, -0.25) is 0 Å². The van der Waals surface area contributed by atoms with E-state index in [1.165, 1.54) is 6.07 Å². The van der Waals surface area contributed by atoms with E-state index < -0.39 is 5.82 Å². The predicted octanol–water partition coefficient (Wildman–Crippen LogP) is 3.08. The highest BCUT2D eigenvalue weighted by Gasteiger charge is 2.40. The van der Waals surface area contributed by atoms with Crippen molar-refractivity contribution in [3.05, 3.63) is 29.0 Å². The quantitative estimate of drug-likeness (QED) is 0.880. The van der Waals surface area contributed by atoms with Gasteiger partial charge in [-0.05, 0) is 38.5 Å². The molecule has 0 bridgehead atoms. The molecule has 0 saturated carbocycles. The summed E-state index contributed by atoms with van der Waals surface area (Å²) < 4.78 is 13.1. The Morgan fingerprint density at radius 2 is 2.24 bits per heavy atom. The number of anilines is 1. The summed E-state index contributed by atoms with van der Waals surface area (Å²) in [5, 5.41) is 9.50. The molecular formula is C13H17ClFNO. The average molecular weight is 258 g/mol. The van der Waals surface area contributed by atoms with Crippen LogP contribution in [0.5, 0.6) is 0 Å². The van der Waals surface area contributed by atoms with Gasteiger partial charge in [-0.15, -0.1) is 0 Å². The molecule has 1 unspecified atom stereocenters. The van der Waals surface area contributed by atoms with Gasteiger partial charge in [-0.2, -0.15) is 0 Å². The van der Waals surface area contributed by atoms with Gasteiger partial charge in [-0.25, -0.2) is 4.39 Å². The molecule has 0 radical (unpaired) electrons. The fourth-order valence-corrected chi connectivity index (χ4v) is 2.75. The van der Waals surface area contributed by atoms with Crippen molar-refractivity contribution in [1.29, 1.82) is 0 Å². The molecule has 1 N–H and O–H groups in total. The number of nitrogens with zero attached hydrogens (tertiary/aromatic N) is 1. The van der Waals surface area contributed by atoms with Crippen LogP contribution >= 0.6 is 11.6 Å². The van der Waals surface area contributed by atoms with Crippen molar-refractivity contribution >= 4 is 17.3 Å². The van der Waals surface area contributed by atoms with Crippen LogP contribution in [-0.4, -0.2) is 23.8 Å². The molecule has 17 heavy (non-hydrogen) atoms. The minimum atomic E-state index is -0.397. The zero-order valence-electron chi connectivity index (χ0n) is 10.1. The van der Waals surface area contributed by atoms with E-state index in [9.17, 15) is 9.50 Å². The maximum absolute atomic E-state index is 13.1. The van der Waals surface area contributed by atoms with Crippen LogP contribution in [0.1, 0.15) is 20.3 Å². The highest BCUT2D eigenvalue weighted by molar-refractivity contribution is 6.31. The maximum atomic E-state index is 13.1. The molecule has 1 heterocycles. The molecule has 0 aliphatic carbocycles. The standard InChI is InChI=1S/C13H17ClFNO/c1-13(2)9(8-17)5-6-16(13)10-3-4-12(15)11(14)7-10/h3-4,7,9,17H,5-6,8H2,1-2H3. The first kappa shape index (κ1) is 12.7. The Bertz CT molecular complexity index is 422. The summed E-state index contributed by atoms with van der Waals surface area (Å²) >= 11 is 5.80. The van der Waals surface area contributed by atoms with Crippen LogP contribution in [0, 0.1) is 11.7 Å². The van der Waals surface area contributed by atoms with E-state index in [1.807, 2.05) is 0 Å². The first-order valence-electron chi connectivity index (χ1n) is 5.80. The van der Waals surface area contributed by atoms with Crippen LogP contribution in [0.2, 0.25) is 5.02 Å². The van der Waals surface area contributed by atoms with Gasteiger partial charge in [0, 0.05) is 30.3 Å². The highest BCUT2D eigenvalue weighted by Crippen LogP contribution is 2.38. The van der Waals surface area contributed by atoms with Crippen molar-refractivity contribution in [3.63, 3.8) is 0 Å². The molecule has 0 spiro atoms. The summed E-state index contributed by atoms with van der Waals surface area (Å²) in [5.41, 5.74) is 0.785. The topological polar surface area (TPSA) is 23.5 Å². The first-order chi connectivity index (χ1) is 7.96. The third-order valence-electron chi connectivity index (χ3n) is 3.83. The van der Waals surface area contributed by atoms with Crippen molar-refractivity contribution < 1.29 is 9.50 Å². The smallest absolute Gasteiger partial charge is 0.141 e. The third-order valence-corrected chi connectivity index (χ3v) is 4.12. The molecule has 1 aromatic carbocycles. The lowest BCUT2D eigenvalue weighted by Crippen LogP contribution is -2.43. The predicted molar refractivity (Wildman–Crippen MR) is 68.0 cm³/mol. The molecule has 2 nitrogen and oxygen atoms in total. The van der Waals surface area contributed by atoms with Gasteiger partial charge in [0.25, 0.3) is 0 Å². The Labute approximate surface area is 106 Å². The number of hydrogen-bond acceptors (Lipinski definition) is 2. The van der Waals surface area contributed by atoms with Crippen LogP contribution < -0.4 is 4.90 Å². The Morgan fingerprint density at radius 3 is 2.76 bits per heavy atom. The summed E-state index contributed by atoms with van der Waals surface area (Å²) in [6.07, 6.45) is 0.943. The van der Waals surface area contributed by atoms with E-state index in [4.69, 9.17) is 11.6 Å². The van der Waals surface area contributed by atoms with E-state index in [0.717, 1.165) is 18.7 Å². The van der Waals surface area contributed by atoms with E-state index in [0.29, 0.717) is 0 Å². The minimum absolute atomic E-state index is 0.129. The molecule has 1 atom stereocenters. The molecule has 4 heteroatoms. The number of hydrogen-bond donors (Lipinski definition) is 1. The molecule has 94 valence electrons. The van der Waals surface area contributed by atoms with Crippen LogP contribution in [0.25, 0.3) is 0 Å². The normalized spacial score (nSPS) is 23.1. The molecule has 1 aliphatic heterocycles. The molecule has 0 aromatic heterocycles. The molecule has 1 saturated heterocycles. The van der Waals surface area contributed by atoms with Gasteiger partial charge in [0.15, 0.2) is 0 Å². The Kier molecular flexibility index (Phi) is 3.32. The van der Waals surface area contributed by atoms with Gasteiger partial charge in [0.1, 0.15) is 5.82 Å². The van der Waals surface area contributed by atoms with Gasteiger partial charge in [0.2, 0.25) is 0 Å². The number of aliphatic hydroxyl groups is 1. The Hall–Kier alpha value is -0.800. The van der Waals surface area contributed by atoms with Crippen molar-refractivity contribution in [2.45, 2.75) is 25.8 Å². The molecule has 0 amide bonds. The van der Waals surface area contributed by atoms with Crippen LogP contribution in [0.15, 0.2) is 18.2 Å². The second-order valence-electron chi connectivity index (χ2n) is 5.07. The van der Waals surface area contributed by atoms with Crippen molar-refractivity contribution in [2.75, 3.05) is 18.1 Å². The van der Waals surface area contributed by atoms with E-state index in [2.05, 4.69) is 18.7 Å². The fourth-order valence-electron chi connectivity index (χ4n) is 2.58. The van der Waals surface area contributed by atoms with Crippen LogP contribution in [-0.2, 0) is 0 Å². The summed E-state index contributed by atoms with van der Waals surface area (Å²) in [4.78, 5) is 2.18. The monoisotopic (exact) mass is 257 g/mol. The number of halogens is 2. The van der Waals surface area contributed by atoms with Crippen molar-refractivity contribution in [3.8, 4) is 0 Å². The lowest BCUT2D eigenvalue weighted by Gasteiger charge is -2.37. The summed E-state index contributed by atoms with van der Waals surface area (Å²) in [5.74, 6) is -0.155. The summed E-state index contributed by atoms with van der Waals surface area (Å²) in [6, 6.07) is 4.78. The second kappa shape index (κ2) is 4.46. The second-order valence-corrected chi connectivity index (χ2v) is 5.48. The Balaban J connectivity index is 2.32. The van der Waals surface area contributed by atoms with Gasteiger partial charge in [-0.1, -0.05) is 11.6 Å². The van der Waals surface area contributed by atoms with E-state index >= 15 is 0 Å². The van der Waals surface area contributed by atoms with Crippen LogP contribution in [0.3, 0.4) is 0 Å². The van der Waals surface area contributed by atoms with Crippen LogP contribution in [0.4, 0.5) is 10.1 Å². The fraction of sp³-hybridized carbons (Fsp3) is 0.538. The SMILES string of the molecule is CC1(C)C(CO)CCN1c1ccc(F)c(Cl)c1. The summed E-state index contributed by atoms with van der Waals surface area (Å²) in [7, 11) is 0. The van der Waals surface area contributed by atoms with E-state index in [1.54, 1.807) is 12.1 Å². The van der Waals surface area contributed by atoms with E-state index in [-0.39, 0.29) is 23.1 Å². The zero-order valence-corrected chi connectivity index (χ0v) is 10.8. The molecule has 2 rings (SSSR count). The molecular weight excluding hydrogens is 241 g/mol. The van der Waals surface area contributed by atoms with Gasteiger partial charge < -0.3 is 10.0 Å². The number of benzene rings is 1. The first-order valence-corrected chi connectivity index (χ1v) is 6.18. The minimum Gasteiger partial charge on any atom is -0.396 e. The Morgan fingerprint density at radius 1 is 1.53 bits per heavy atom. The average Bonchev–Trinajstić information content (AvgIpc) is 2.57. The van der Waals surface area contributed by atoms with Gasteiger partial charge >= 0.3 is 0 Å². The molecule has 1 aliphatic rings. The highest BCUT2D eigenvalue weighted by atomic mass is 35.5. The summed E-state index contributed by atoms with van der Waals surface area (Å²) in [6.45, 7) is 5.23.